The van der Waals surface area contributed by atoms with Crippen LogP contribution in [0.2, 0.25) is 5.02 Å². The standard InChI is InChI=1S/C21H22ClIN4O2/c1-3-20(28)26-11-10-25(14-8-9-16(22)18(12-14)29-2)13-19(26)27-17-7-5-4-6-15(17)21(23)24-27/h4-9,12,19H,3,10-11,13H2,1-2H3. The fourth-order valence-electron chi connectivity index (χ4n) is 3.82. The van der Waals surface area contributed by atoms with Crippen LogP contribution in [-0.2, 0) is 4.79 Å². The highest BCUT2D eigenvalue weighted by Gasteiger charge is 2.33. The molecule has 4 rings (SSSR count). The second kappa shape index (κ2) is 8.39. The van der Waals surface area contributed by atoms with Crippen LogP contribution in [0.15, 0.2) is 42.5 Å². The first kappa shape index (κ1) is 20.3. The number of rotatable bonds is 4. The quantitative estimate of drug-likeness (QED) is 0.470. The predicted molar refractivity (Wildman–Crippen MR) is 124 cm³/mol. The second-order valence-electron chi connectivity index (χ2n) is 6.94. The molecule has 1 atom stereocenters. The maximum absolute atomic E-state index is 12.7. The predicted octanol–water partition coefficient (Wildman–Crippen LogP) is 4.56. The lowest BCUT2D eigenvalue weighted by Crippen LogP contribution is -2.52. The summed E-state index contributed by atoms with van der Waals surface area (Å²) in [6, 6.07) is 13.9. The van der Waals surface area contributed by atoms with E-state index >= 15 is 0 Å². The Bertz CT molecular complexity index is 1050. The highest BCUT2D eigenvalue weighted by Crippen LogP contribution is 2.33. The zero-order valence-electron chi connectivity index (χ0n) is 16.3. The maximum Gasteiger partial charge on any atom is 0.224 e. The zero-order chi connectivity index (χ0) is 20.5. The van der Waals surface area contributed by atoms with Gasteiger partial charge in [0.2, 0.25) is 5.91 Å². The normalized spacial score (nSPS) is 17.0. The molecular weight excluding hydrogens is 503 g/mol. The number of hydrogen-bond donors (Lipinski definition) is 0. The van der Waals surface area contributed by atoms with E-state index < -0.39 is 0 Å². The Morgan fingerprint density at radius 1 is 1.28 bits per heavy atom. The number of halogens is 2. The fraction of sp³-hybridized carbons (Fsp3) is 0.333. The van der Waals surface area contributed by atoms with E-state index in [9.17, 15) is 4.79 Å². The molecular formula is C21H22ClIN4O2. The topological polar surface area (TPSA) is 50.6 Å². The van der Waals surface area contributed by atoms with Gasteiger partial charge < -0.3 is 14.5 Å². The number of para-hydroxylation sites is 1. The molecule has 0 saturated carbocycles. The van der Waals surface area contributed by atoms with Crippen LogP contribution < -0.4 is 9.64 Å². The first-order chi connectivity index (χ1) is 14.0. The number of nitrogens with zero attached hydrogens (tertiary/aromatic N) is 4. The van der Waals surface area contributed by atoms with Crippen LogP contribution in [0.4, 0.5) is 5.69 Å². The van der Waals surface area contributed by atoms with Crippen LogP contribution in [0.3, 0.4) is 0 Å². The van der Waals surface area contributed by atoms with Crippen LogP contribution in [0.5, 0.6) is 5.75 Å². The van der Waals surface area contributed by atoms with Crippen molar-refractivity contribution in [1.29, 1.82) is 0 Å². The lowest BCUT2D eigenvalue weighted by molar-refractivity contribution is -0.135. The summed E-state index contributed by atoms with van der Waals surface area (Å²) in [6.45, 7) is 3.91. The number of aromatic nitrogens is 2. The van der Waals surface area contributed by atoms with Crippen LogP contribution in [0.1, 0.15) is 19.5 Å². The van der Waals surface area contributed by atoms with Gasteiger partial charge in [-0.1, -0.05) is 36.7 Å². The minimum absolute atomic E-state index is 0.137. The summed E-state index contributed by atoms with van der Waals surface area (Å²) in [7, 11) is 1.61. The average molecular weight is 525 g/mol. The summed E-state index contributed by atoms with van der Waals surface area (Å²) in [5, 5.41) is 6.48. The van der Waals surface area contributed by atoms with Crippen molar-refractivity contribution in [3.8, 4) is 5.75 Å². The number of carbonyl (C=O) groups is 1. The highest BCUT2D eigenvalue weighted by molar-refractivity contribution is 14.1. The molecule has 29 heavy (non-hydrogen) atoms. The number of methoxy groups -OCH3 is 1. The van der Waals surface area contributed by atoms with Gasteiger partial charge in [0.1, 0.15) is 15.6 Å². The second-order valence-corrected chi connectivity index (χ2v) is 8.37. The van der Waals surface area contributed by atoms with Crippen LogP contribution >= 0.6 is 34.2 Å². The molecule has 1 aliphatic heterocycles. The summed E-state index contributed by atoms with van der Waals surface area (Å²) in [5.41, 5.74) is 2.05. The van der Waals surface area contributed by atoms with Gasteiger partial charge in [-0.3, -0.25) is 4.79 Å². The van der Waals surface area contributed by atoms with Crippen LogP contribution in [-0.4, -0.2) is 47.3 Å². The third-order valence-corrected chi connectivity index (χ3v) is 6.44. The van der Waals surface area contributed by atoms with Crippen molar-refractivity contribution in [2.75, 3.05) is 31.6 Å². The van der Waals surface area contributed by atoms with E-state index in [0.717, 1.165) is 26.8 Å². The van der Waals surface area contributed by atoms with Crippen molar-refractivity contribution in [2.45, 2.75) is 19.5 Å². The molecule has 2 aromatic carbocycles. The Kier molecular flexibility index (Phi) is 5.87. The molecule has 3 aromatic rings. The van der Waals surface area contributed by atoms with Gasteiger partial charge in [-0.25, -0.2) is 4.68 Å². The van der Waals surface area contributed by atoms with Crippen molar-refractivity contribution in [3.05, 3.63) is 51.2 Å². The van der Waals surface area contributed by atoms with E-state index in [-0.39, 0.29) is 12.1 Å². The van der Waals surface area contributed by atoms with Gasteiger partial charge in [-0.05, 0) is 40.8 Å². The number of ether oxygens (including phenoxy) is 1. The van der Waals surface area contributed by atoms with Gasteiger partial charge in [-0.15, -0.1) is 0 Å². The lowest BCUT2D eigenvalue weighted by atomic mass is 10.2. The van der Waals surface area contributed by atoms with Crippen molar-refractivity contribution < 1.29 is 9.53 Å². The molecule has 1 amide bonds. The fourth-order valence-corrected chi connectivity index (χ4v) is 4.71. The van der Waals surface area contributed by atoms with Gasteiger partial charge >= 0.3 is 0 Å². The molecule has 8 heteroatoms. The molecule has 0 bridgehead atoms. The van der Waals surface area contributed by atoms with Crippen molar-refractivity contribution in [1.82, 2.24) is 14.7 Å². The molecule has 152 valence electrons. The number of amides is 1. The summed E-state index contributed by atoms with van der Waals surface area (Å²) in [4.78, 5) is 16.9. The van der Waals surface area contributed by atoms with E-state index in [4.69, 9.17) is 21.4 Å². The minimum Gasteiger partial charge on any atom is -0.495 e. The highest BCUT2D eigenvalue weighted by atomic mass is 127. The van der Waals surface area contributed by atoms with Crippen molar-refractivity contribution >= 4 is 56.7 Å². The Morgan fingerprint density at radius 3 is 2.83 bits per heavy atom. The molecule has 0 radical (unpaired) electrons. The molecule has 1 saturated heterocycles. The lowest BCUT2D eigenvalue weighted by Gasteiger charge is -2.42. The Labute approximate surface area is 188 Å². The number of benzene rings is 2. The van der Waals surface area contributed by atoms with E-state index in [1.54, 1.807) is 7.11 Å². The Morgan fingerprint density at radius 2 is 2.07 bits per heavy atom. The summed E-state index contributed by atoms with van der Waals surface area (Å²) >= 11 is 8.46. The number of piperazine rings is 1. The number of anilines is 1. The van der Waals surface area contributed by atoms with Gasteiger partial charge in [0.05, 0.1) is 24.2 Å². The third kappa shape index (κ3) is 3.77. The number of fused-ring (bicyclic) bond motifs is 1. The Hall–Kier alpha value is -2.00. The molecule has 2 heterocycles. The first-order valence-electron chi connectivity index (χ1n) is 9.54. The smallest absolute Gasteiger partial charge is 0.224 e. The zero-order valence-corrected chi connectivity index (χ0v) is 19.2. The maximum atomic E-state index is 12.7. The Balaban J connectivity index is 1.74. The van der Waals surface area contributed by atoms with E-state index in [0.29, 0.717) is 30.3 Å². The SMILES string of the molecule is CCC(=O)N1CCN(c2ccc(Cl)c(OC)c2)CC1n1nc(I)c2ccccc21. The third-order valence-electron chi connectivity index (χ3n) is 5.33. The largest absolute Gasteiger partial charge is 0.495 e. The monoisotopic (exact) mass is 524 g/mol. The molecule has 0 N–H and O–H groups in total. The van der Waals surface area contributed by atoms with E-state index in [1.807, 2.05) is 46.8 Å². The van der Waals surface area contributed by atoms with Gasteiger partial charge in [0.25, 0.3) is 0 Å². The van der Waals surface area contributed by atoms with Crippen LogP contribution in [0.25, 0.3) is 10.9 Å². The molecule has 1 fully saturated rings. The van der Waals surface area contributed by atoms with Gasteiger partial charge in [0, 0.05) is 36.7 Å². The van der Waals surface area contributed by atoms with Gasteiger partial charge in [0.15, 0.2) is 0 Å². The molecule has 0 aliphatic carbocycles. The summed E-state index contributed by atoms with van der Waals surface area (Å²) < 4.78 is 8.31. The average Bonchev–Trinajstić information content (AvgIpc) is 3.10. The van der Waals surface area contributed by atoms with Crippen molar-refractivity contribution in [3.63, 3.8) is 0 Å². The number of hydrogen-bond acceptors (Lipinski definition) is 4. The molecule has 6 nitrogen and oxygen atoms in total. The van der Waals surface area contributed by atoms with E-state index in [2.05, 4.69) is 39.6 Å². The number of carbonyl (C=O) groups excluding carboxylic acids is 1. The minimum atomic E-state index is -0.189. The summed E-state index contributed by atoms with van der Waals surface area (Å²) in [6.07, 6.45) is 0.285. The van der Waals surface area contributed by atoms with Crippen molar-refractivity contribution in [2.24, 2.45) is 0 Å². The van der Waals surface area contributed by atoms with Gasteiger partial charge in [-0.2, -0.15) is 5.10 Å². The van der Waals surface area contributed by atoms with E-state index in [1.165, 1.54) is 0 Å². The first-order valence-corrected chi connectivity index (χ1v) is 11.0. The van der Waals surface area contributed by atoms with Crippen LogP contribution in [0, 0.1) is 3.70 Å². The summed E-state index contributed by atoms with van der Waals surface area (Å²) in [5.74, 6) is 0.782. The molecule has 0 spiro atoms. The molecule has 1 aliphatic rings. The molecule has 1 aromatic heterocycles. The molecule has 1 unspecified atom stereocenters.